The Morgan fingerprint density at radius 3 is 2.51 bits per heavy atom. The molecule has 3 aromatic rings. The van der Waals surface area contributed by atoms with Crippen LogP contribution in [0.2, 0.25) is 0 Å². The maximum absolute atomic E-state index is 13.7. The lowest BCUT2D eigenvalue weighted by Crippen LogP contribution is -2.40. The summed E-state index contributed by atoms with van der Waals surface area (Å²) in [5.74, 6) is 1.46. The number of aromatic nitrogens is 2. The molecule has 2 aromatic heterocycles. The average Bonchev–Trinajstić information content (AvgIpc) is 3.08. The van der Waals surface area contributed by atoms with Gasteiger partial charge in [0.25, 0.3) is 11.5 Å². The van der Waals surface area contributed by atoms with Crippen LogP contribution in [0.3, 0.4) is 0 Å². The number of benzene rings is 1. The van der Waals surface area contributed by atoms with Crippen LogP contribution in [-0.2, 0) is 11.3 Å². The summed E-state index contributed by atoms with van der Waals surface area (Å²) in [7, 11) is 0. The number of pyridine rings is 1. The molecule has 2 saturated heterocycles. The number of rotatable bonds is 4. The van der Waals surface area contributed by atoms with Crippen molar-refractivity contribution in [3.8, 4) is 0 Å². The van der Waals surface area contributed by atoms with E-state index in [9.17, 15) is 9.59 Å². The molecule has 2 aliphatic heterocycles. The lowest BCUT2D eigenvalue weighted by atomic mass is 9.91. The van der Waals surface area contributed by atoms with E-state index < -0.39 is 0 Å². The SMILES string of the molecule is Cc1ccc2nc(N3CC(C)CC(C)C3)c(/C=C3\SC(=S)N(Cc4ccccc4)C3=O)c(=O)n2c1. The van der Waals surface area contributed by atoms with Crippen molar-refractivity contribution in [3.05, 3.63) is 80.6 Å². The molecule has 1 aromatic carbocycles. The smallest absolute Gasteiger partial charge is 0.267 e. The highest BCUT2D eigenvalue weighted by molar-refractivity contribution is 8.26. The maximum atomic E-state index is 13.7. The number of thioether (sulfide) groups is 1. The van der Waals surface area contributed by atoms with Crippen molar-refractivity contribution >= 4 is 51.7 Å². The Kier molecular flexibility index (Phi) is 6.51. The van der Waals surface area contributed by atoms with Crippen molar-refractivity contribution in [1.82, 2.24) is 14.3 Å². The molecule has 0 saturated carbocycles. The van der Waals surface area contributed by atoms with Crippen molar-refractivity contribution in [2.24, 2.45) is 11.8 Å². The molecule has 35 heavy (non-hydrogen) atoms. The molecule has 0 N–H and O–H groups in total. The molecule has 8 heteroatoms. The topological polar surface area (TPSA) is 57.9 Å². The summed E-state index contributed by atoms with van der Waals surface area (Å²) in [5.41, 5.74) is 2.84. The van der Waals surface area contributed by atoms with Crippen LogP contribution in [0.4, 0.5) is 5.82 Å². The minimum absolute atomic E-state index is 0.173. The van der Waals surface area contributed by atoms with Gasteiger partial charge in [-0.2, -0.15) is 0 Å². The first kappa shape index (κ1) is 23.8. The standard InChI is InChI=1S/C27H28N4O2S2/c1-17-9-10-23-28-24(29-13-18(2)11-19(3)14-29)21(25(32)30(23)15-17)12-22-26(33)31(27(34)35-22)16-20-7-5-4-6-8-20/h4-10,12,15,18-19H,11,13-14,16H2,1-3H3/b22-12-. The third-order valence-corrected chi connectivity index (χ3v) is 7.86. The van der Waals surface area contributed by atoms with Crippen LogP contribution in [0.15, 0.2) is 58.4 Å². The summed E-state index contributed by atoms with van der Waals surface area (Å²) < 4.78 is 2.07. The van der Waals surface area contributed by atoms with Crippen LogP contribution in [0, 0.1) is 18.8 Å². The van der Waals surface area contributed by atoms with E-state index in [1.807, 2.05) is 49.4 Å². The summed E-state index contributed by atoms with van der Waals surface area (Å²) in [6.45, 7) is 8.47. The molecule has 6 nitrogen and oxygen atoms in total. The van der Waals surface area contributed by atoms with Gasteiger partial charge in [-0.15, -0.1) is 0 Å². The second kappa shape index (κ2) is 9.59. The summed E-state index contributed by atoms with van der Waals surface area (Å²) in [5, 5.41) is 0. The summed E-state index contributed by atoms with van der Waals surface area (Å²) >= 11 is 6.79. The van der Waals surface area contributed by atoms with Gasteiger partial charge in [-0.3, -0.25) is 18.9 Å². The molecule has 0 spiro atoms. The summed E-state index contributed by atoms with van der Waals surface area (Å²) in [4.78, 5) is 36.3. The number of fused-ring (bicyclic) bond motifs is 1. The van der Waals surface area contributed by atoms with Crippen LogP contribution < -0.4 is 10.5 Å². The second-order valence-electron chi connectivity index (χ2n) is 9.69. The number of thiocarbonyl (C=S) groups is 1. The number of anilines is 1. The Morgan fingerprint density at radius 2 is 1.80 bits per heavy atom. The first-order valence-electron chi connectivity index (χ1n) is 11.9. The molecule has 2 unspecified atom stereocenters. The Labute approximate surface area is 214 Å². The minimum Gasteiger partial charge on any atom is -0.355 e. The van der Waals surface area contributed by atoms with Gasteiger partial charge in [-0.05, 0) is 48.4 Å². The predicted molar refractivity (Wildman–Crippen MR) is 147 cm³/mol. The van der Waals surface area contributed by atoms with Gasteiger partial charge in [-0.1, -0.05) is 74.2 Å². The maximum Gasteiger partial charge on any atom is 0.267 e. The molecule has 2 fully saturated rings. The number of hydrogen-bond acceptors (Lipinski definition) is 6. The van der Waals surface area contributed by atoms with Gasteiger partial charge in [-0.25, -0.2) is 4.98 Å². The van der Waals surface area contributed by atoms with E-state index in [-0.39, 0.29) is 11.5 Å². The van der Waals surface area contributed by atoms with E-state index in [2.05, 4.69) is 18.7 Å². The third-order valence-electron chi connectivity index (χ3n) is 6.49. The molecule has 2 aliphatic rings. The van der Waals surface area contributed by atoms with Crippen LogP contribution in [0.5, 0.6) is 0 Å². The number of amides is 1. The second-order valence-corrected chi connectivity index (χ2v) is 11.4. The van der Waals surface area contributed by atoms with Crippen molar-refractivity contribution in [3.63, 3.8) is 0 Å². The highest BCUT2D eigenvalue weighted by atomic mass is 32.2. The zero-order valence-corrected chi connectivity index (χ0v) is 21.7. The largest absolute Gasteiger partial charge is 0.355 e. The van der Waals surface area contributed by atoms with Crippen LogP contribution in [0.25, 0.3) is 11.7 Å². The summed E-state index contributed by atoms with van der Waals surface area (Å²) in [6.07, 6.45) is 4.65. The van der Waals surface area contributed by atoms with Crippen LogP contribution >= 0.6 is 24.0 Å². The zero-order chi connectivity index (χ0) is 24.7. The molecule has 0 radical (unpaired) electrons. The van der Waals surface area contributed by atoms with Crippen LogP contribution in [0.1, 0.15) is 37.0 Å². The van der Waals surface area contributed by atoms with Crippen molar-refractivity contribution < 1.29 is 4.79 Å². The van der Waals surface area contributed by atoms with E-state index in [0.717, 1.165) is 30.6 Å². The first-order valence-corrected chi connectivity index (χ1v) is 13.1. The molecular formula is C27H28N4O2S2. The van der Waals surface area contributed by atoms with E-state index >= 15 is 0 Å². The highest BCUT2D eigenvalue weighted by Crippen LogP contribution is 2.35. The third kappa shape index (κ3) is 4.77. The molecule has 180 valence electrons. The lowest BCUT2D eigenvalue weighted by Gasteiger charge is -2.36. The fourth-order valence-corrected chi connectivity index (χ4v) is 6.22. The Bertz CT molecular complexity index is 1390. The van der Waals surface area contributed by atoms with Crippen molar-refractivity contribution in [2.75, 3.05) is 18.0 Å². The van der Waals surface area contributed by atoms with E-state index in [1.165, 1.54) is 11.8 Å². The van der Waals surface area contributed by atoms with Crippen LogP contribution in [-0.4, -0.2) is 37.6 Å². The highest BCUT2D eigenvalue weighted by Gasteiger charge is 2.33. The Balaban J connectivity index is 1.59. The van der Waals surface area contributed by atoms with Gasteiger partial charge in [0.15, 0.2) is 0 Å². The molecule has 0 aliphatic carbocycles. The van der Waals surface area contributed by atoms with E-state index in [0.29, 0.717) is 44.6 Å². The van der Waals surface area contributed by atoms with Gasteiger partial charge < -0.3 is 4.90 Å². The molecule has 0 bridgehead atoms. The number of carbonyl (C=O) groups excluding carboxylic acids is 1. The Hall–Kier alpha value is -2.97. The molecule has 2 atom stereocenters. The fraction of sp³-hybridized carbons (Fsp3) is 0.333. The van der Waals surface area contributed by atoms with Gasteiger partial charge >= 0.3 is 0 Å². The normalized spacial score (nSPS) is 22.0. The van der Waals surface area contributed by atoms with Crippen molar-refractivity contribution in [2.45, 2.75) is 33.7 Å². The monoisotopic (exact) mass is 504 g/mol. The van der Waals surface area contributed by atoms with Gasteiger partial charge in [0.2, 0.25) is 0 Å². The fourth-order valence-electron chi connectivity index (χ4n) is 4.98. The summed E-state index contributed by atoms with van der Waals surface area (Å²) in [6, 6.07) is 13.6. The minimum atomic E-state index is -0.177. The van der Waals surface area contributed by atoms with Gasteiger partial charge in [0.1, 0.15) is 15.8 Å². The number of carbonyl (C=O) groups is 1. The quantitative estimate of drug-likeness (QED) is 0.373. The molecule has 4 heterocycles. The van der Waals surface area contributed by atoms with Gasteiger partial charge in [0.05, 0.1) is 17.0 Å². The average molecular weight is 505 g/mol. The number of nitrogens with zero attached hydrogens (tertiary/aromatic N) is 4. The van der Waals surface area contributed by atoms with Gasteiger partial charge in [0, 0.05) is 19.3 Å². The first-order chi connectivity index (χ1) is 16.8. The van der Waals surface area contributed by atoms with E-state index in [1.54, 1.807) is 21.6 Å². The molecule has 1 amide bonds. The molecule has 5 rings (SSSR count). The molecular weight excluding hydrogens is 476 g/mol. The number of aryl methyl sites for hydroxylation is 1. The number of hydrogen-bond donors (Lipinski definition) is 0. The number of piperidine rings is 1. The predicted octanol–water partition coefficient (Wildman–Crippen LogP) is 4.89. The lowest BCUT2D eigenvalue weighted by molar-refractivity contribution is -0.122. The zero-order valence-electron chi connectivity index (χ0n) is 20.1. The van der Waals surface area contributed by atoms with Crippen molar-refractivity contribution in [1.29, 1.82) is 0 Å². The van der Waals surface area contributed by atoms with E-state index in [4.69, 9.17) is 17.2 Å². The Morgan fingerprint density at radius 1 is 1.09 bits per heavy atom.